The summed E-state index contributed by atoms with van der Waals surface area (Å²) in [6.45, 7) is 2.07. The molecule has 0 unspecified atom stereocenters. The highest BCUT2D eigenvalue weighted by molar-refractivity contribution is 7.99. The van der Waals surface area contributed by atoms with Crippen molar-refractivity contribution >= 4 is 34.3 Å². The summed E-state index contributed by atoms with van der Waals surface area (Å²) in [5, 5.41) is 1.16. The summed E-state index contributed by atoms with van der Waals surface area (Å²) in [7, 11) is 0. The third-order valence-electron chi connectivity index (χ3n) is 7.56. The zero-order valence-electron chi connectivity index (χ0n) is 18.9. The molecule has 0 N–H and O–H groups in total. The van der Waals surface area contributed by atoms with Gasteiger partial charge in [0.2, 0.25) is 5.95 Å². The van der Waals surface area contributed by atoms with Gasteiger partial charge in [-0.2, -0.15) is 0 Å². The Morgan fingerprint density at radius 2 is 1.53 bits per heavy atom. The first-order chi connectivity index (χ1) is 16.8. The van der Waals surface area contributed by atoms with Crippen LogP contribution in [0.25, 0.3) is 16.6 Å². The number of hydrogen-bond acceptors (Lipinski definition) is 5. The van der Waals surface area contributed by atoms with Crippen LogP contribution < -0.4 is 4.90 Å². The molecule has 3 aromatic heterocycles. The Labute approximate surface area is 202 Å². The van der Waals surface area contributed by atoms with Crippen LogP contribution in [-0.4, -0.2) is 32.4 Å². The SMILES string of the molecule is c1ccc2c(c1)CC1(CCN(c3ncc(Sc4ccnc5ccccc45)c4nccn34)CC1)C2. The molecule has 0 saturated carbocycles. The zero-order chi connectivity index (χ0) is 22.5. The maximum Gasteiger partial charge on any atom is 0.211 e. The lowest BCUT2D eigenvalue weighted by Crippen LogP contribution is -2.41. The van der Waals surface area contributed by atoms with Gasteiger partial charge in [0.05, 0.1) is 10.4 Å². The minimum Gasteiger partial charge on any atom is -0.342 e. The van der Waals surface area contributed by atoms with E-state index < -0.39 is 0 Å². The quantitative estimate of drug-likeness (QED) is 0.338. The van der Waals surface area contributed by atoms with Crippen LogP contribution in [0, 0.1) is 5.41 Å². The van der Waals surface area contributed by atoms with Gasteiger partial charge in [0.15, 0.2) is 5.65 Å². The van der Waals surface area contributed by atoms with E-state index in [0.29, 0.717) is 5.41 Å². The largest absolute Gasteiger partial charge is 0.342 e. The van der Waals surface area contributed by atoms with E-state index in [1.165, 1.54) is 30.6 Å². The van der Waals surface area contributed by atoms with Gasteiger partial charge in [-0.05, 0) is 54.4 Å². The first-order valence-electron chi connectivity index (χ1n) is 11.9. The molecule has 0 atom stereocenters. The molecule has 2 aliphatic rings. The second-order valence-corrected chi connectivity index (χ2v) is 10.7. The Kier molecular flexibility index (Phi) is 4.62. The van der Waals surface area contributed by atoms with Crippen molar-refractivity contribution in [1.29, 1.82) is 0 Å². The highest BCUT2D eigenvalue weighted by atomic mass is 32.2. The average molecular weight is 464 g/mol. The van der Waals surface area contributed by atoms with Crippen LogP contribution in [0.5, 0.6) is 0 Å². The summed E-state index contributed by atoms with van der Waals surface area (Å²) in [6.07, 6.45) is 12.7. The van der Waals surface area contributed by atoms with E-state index in [0.717, 1.165) is 40.5 Å². The Hall–Kier alpha value is -3.38. The first kappa shape index (κ1) is 20.0. The van der Waals surface area contributed by atoms with Crippen molar-refractivity contribution in [2.75, 3.05) is 18.0 Å². The molecule has 34 heavy (non-hydrogen) atoms. The standard InChI is InChI=1S/C28H25N5S/c1-2-6-21-18-28(17-20(21)5-1)10-14-32(15-11-28)27-31-19-25(26-30-13-16-33(26)27)34-24-9-12-29-23-8-4-3-7-22(23)24/h1-9,12-13,16,19H,10-11,14-15,17-18H2. The van der Waals surface area contributed by atoms with E-state index in [2.05, 4.69) is 62.8 Å². The molecule has 1 aliphatic carbocycles. The maximum absolute atomic E-state index is 4.95. The molecule has 1 aliphatic heterocycles. The lowest BCUT2D eigenvalue weighted by atomic mass is 9.76. The van der Waals surface area contributed by atoms with Crippen molar-refractivity contribution in [3.05, 3.63) is 90.5 Å². The number of para-hydroxylation sites is 1. The van der Waals surface area contributed by atoms with E-state index in [-0.39, 0.29) is 0 Å². The van der Waals surface area contributed by atoms with Gasteiger partial charge in [0.1, 0.15) is 0 Å². The number of fused-ring (bicyclic) bond motifs is 3. The highest BCUT2D eigenvalue weighted by Gasteiger charge is 2.40. The predicted molar refractivity (Wildman–Crippen MR) is 137 cm³/mol. The van der Waals surface area contributed by atoms with Crippen LogP contribution in [-0.2, 0) is 12.8 Å². The second-order valence-electron chi connectivity index (χ2n) is 9.58. The van der Waals surface area contributed by atoms with Gasteiger partial charge in [-0.15, -0.1) is 0 Å². The third-order valence-corrected chi connectivity index (χ3v) is 8.64. The van der Waals surface area contributed by atoms with Crippen molar-refractivity contribution in [3.8, 4) is 0 Å². The van der Waals surface area contributed by atoms with Crippen LogP contribution in [0.4, 0.5) is 5.95 Å². The number of piperidine rings is 1. The normalized spacial score (nSPS) is 17.0. The summed E-state index contributed by atoms with van der Waals surface area (Å²) < 4.78 is 2.16. The molecule has 1 spiro atoms. The third kappa shape index (κ3) is 3.28. The lowest BCUT2D eigenvalue weighted by Gasteiger charge is -2.40. The number of imidazole rings is 1. The molecular formula is C28H25N5S. The summed E-state index contributed by atoms with van der Waals surface area (Å²) in [4.78, 5) is 18.8. The lowest BCUT2D eigenvalue weighted by molar-refractivity contribution is 0.231. The summed E-state index contributed by atoms with van der Waals surface area (Å²) >= 11 is 1.71. The van der Waals surface area contributed by atoms with E-state index >= 15 is 0 Å². The minimum absolute atomic E-state index is 0.423. The Morgan fingerprint density at radius 3 is 2.35 bits per heavy atom. The van der Waals surface area contributed by atoms with E-state index in [1.807, 2.05) is 30.9 Å². The van der Waals surface area contributed by atoms with Crippen LogP contribution >= 0.6 is 11.8 Å². The monoisotopic (exact) mass is 463 g/mol. The number of rotatable bonds is 3. The fourth-order valence-electron chi connectivity index (χ4n) is 5.77. The molecule has 2 aromatic carbocycles. The molecule has 1 saturated heterocycles. The van der Waals surface area contributed by atoms with Crippen LogP contribution in [0.1, 0.15) is 24.0 Å². The molecule has 5 nitrogen and oxygen atoms in total. The average Bonchev–Trinajstić information content (AvgIpc) is 3.50. The summed E-state index contributed by atoms with van der Waals surface area (Å²) in [6, 6.07) is 19.3. The topological polar surface area (TPSA) is 46.3 Å². The summed E-state index contributed by atoms with van der Waals surface area (Å²) in [5.74, 6) is 1.00. The molecule has 1 fully saturated rings. The van der Waals surface area contributed by atoms with Gasteiger partial charge in [0.25, 0.3) is 0 Å². The predicted octanol–water partition coefficient (Wildman–Crippen LogP) is 5.81. The van der Waals surface area contributed by atoms with Crippen molar-refractivity contribution < 1.29 is 0 Å². The van der Waals surface area contributed by atoms with Crippen LogP contribution in [0.2, 0.25) is 0 Å². The molecule has 4 heterocycles. The highest BCUT2D eigenvalue weighted by Crippen LogP contribution is 2.45. The fraction of sp³-hybridized carbons (Fsp3) is 0.250. The van der Waals surface area contributed by atoms with Gasteiger partial charge in [0, 0.05) is 48.2 Å². The van der Waals surface area contributed by atoms with Gasteiger partial charge in [-0.25, -0.2) is 9.97 Å². The molecule has 5 aromatic rings. The molecule has 0 bridgehead atoms. The van der Waals surface area contributed by atoms with Crippen LogP contribution in [0.3, 0.4) is 0 Å². The Morgan fingerprint density at radius 1 is 0.765 bits per heavy atom. The Balaban J connectivity index is 1.16. The zero-order valence-corrected chi connectivity index (χ0v) is 19.7. The number of aromatic nitrogens is 4. The Bertz CT molecular complexity index is 1480. The second kappa shape index (κ2) is 7.84. The van der Waals surface area contributed by atoms with Gasteiger partial charge in [-0.1, -0.05) is 54.2 Å². The molecule has 7 rings (SSSR count). The van der Waals surface area contributed by atoms with Crippen LogP contribution in [0.15, 0.2) is 89.2 Å². The summed E-state index contributed by atoms with van der Waals surface area (Å²) in [5.41, 5.74) is 5.50. The van der Waals surface area contributed by atoms with Crippen molar-refractivity contribution in [1.82, 2.24) is 19.4 Å². The maximum atomic E-state index is 4.95. The fourth-order valence-corrected chi connectivity index (χ4v) is 6.77. The number of anilines is 1. The van der Waals surface area contributed by atoms with Gasteiger partial charge in [-0.3, -0.25) is 9.38 Å². The van der Waals surface area contributed by atoms with Crippen molar-refractivity contribution in [3.63, 3.8) is 0 Å². The molecule has 168 valence electrons. The molecule has 0 amide bonds. The minimum atomic E-state index is 0.423. The van der Waals surface area contributed by atoms with Crippen molar-refractivity contribution in [2.45, 2.75) is 35.5 Å². The molecule has 6 heteroatoms. The van der Waals surface area contributed by atoms with E-state index in [1.54, 1.807) is 22.9 Å². The van der Waals surface area contributed by atoms with Crippen molar-refractivity contribution in [2.24, 2.45) is 5.41 Å². The molecular weight excluding hydrogens is 438 g/mol. The van der Waals surface area contributed by atoms with E-state index in [9.17, 15) is 0 Å². The number of pyridine rings is 1. The van der Waals surface area contributed by atoms with E-state index in [4.69, 9.17) is 9.97 Å². The first-order valence-corrected chi connectivity index (χ1v) is 12.8. The van der Waals surface area contributed by atoms with Gasteiger partial charge >= 0.3 is 0 Å². The molecule has 0 radical (unpaired) electrons. The van der Waals surface area contributed by atoms with Gasteiger partial charge < -0.3 is 4.90 Å². The number of hydrogen-bond donors (Lipinski definition) is 0. The smallest absolute Gasteiger partial charge is 0.211 e. The number of nitrogens with zero attached hydrogens (tertiary/aromatic N) is 5. The number of benzene rings is 2.